The number of nitrogens with zero attached hydrogens (tertiary/aromatic N) is 2. The van der Waals surface area contributed by atoms with Gasteiger partial charge in [0.05, 0.1) is 13.6 Å². The third-order valence-corrected chi connectivity index (χ3v) is 2.11. The van der Waals surface area contributed by atoms with Gasteiger partial charge in [0.1, 0.15) is 11.9 Å². The summed E-state index contributed by atoms with van der Waals surface area (Å²) in [6.07, 6.45) is 2.18. The predicted molar refractivity (Wildman–Crippen MR) is 55.0 cm³/mol. The fourth-order valence-corrected chi connectivity index (χ4v) is 1.17. The fraction of sp³-hybridized carbons (Fsp3) is 0.625. The second-order valence-electron chi connectivity index (χ2n) is 3.18. The molecule has 0 aliphatic rings. The van der Waals surface area contributed by atoms with E-state index in [0.717, 1.165) is 6.54 Å². The molecule has 0 unspecified atom stereocenters. The lowest BCUT2D eigenvalue weighted by atomic mass is 10.5. The summed E-state index contributed by atoms with van der Waals surface area (Å²) in [6.45, 7) is 7.48. The Kier molecular flexibility index (Phi) is 5.17. The molecule has 0 bridgehead atoms. The average Bonchev–Trinajstić information content (AvgIpc) is 2.29. The van der Waals surface area contributed by atoms with E-state index >= 15 is 0 Å². The molecule has 0 fully saturated rings. The Morgan fingerprint density at radius 2 is 1.80 bits per heavy atom. The smallest absolute Gasteiger partial charge is 0.303 e. The number of phosphoric acid groups is 1. The summed E-state index contributed by atoms with van der Waals surface area (Å²) in [5.74, 6) is 1.32. The first kappa shape index (κ1) is 14.3. The van der Waals surface area contributed by atoms with Gasteiger partial charge in [0.2, 0.25) is 0 Å². The molecule has 1 heterocycles. The number of aromatic nitrogens is 2. The highest BCUT2D eigenvalue weighted by Crippen LogP contribution is 2.25. The van der Waals surface area contributed by atoms with Crippen molar-refractivity contribution in [1.82, 2.24) is 4.57 Å². The van der Waals surface area contributed by atoms with E-state index in [1.54, 1.807) is 0 Å². The Morgan fingerprint density at radius 1 is 1.40 bits per heavy atom. The number of hydrogen-bond acceptors (Lipinski definition) is 1. The number of aryl methyl sites for hydroxylation is 2. The van der Waals surface area contributed by atoms with Crippen LogP contribution in [0.3, 0.4) is 0 Å². The van der Waals surface area contributed by atoms with Crippen LogP contribution in [-0.4, -0.2) is 19.2 Å². The van der Waals surface area contributed by atoms with E-state index in [2.05, 4.69) is 43.1 Å². The van der Waals surface area contributed by atoms with Crippen molar-refractivity contribution in [2.45, 2.75) is 27.3 Å². The fourth-order valence-electron chi connectivity index (χ4n) is 1.17. The van der Waals surface area contributed by atoms with E-state index in [0.29, 0.717) is 0 Å². The Bertz CT molecular complexity index is 361. The van der Waals surface area contributed by atoms with Crippen molar-refractivity contribution >= 4 is 7.82 Å². The zero-order valence-corrected chi connectivity index (χ0v) is 10.3. The second-order valence-corrected chi connectivity index (χ2v) is 4.20. The molecule has 0 amide bonds. The minimum absolute atomic E-state index is 1.06. The zero-order valence-electron chi connectivity index (χ0n) is 9.38. The first-order chi connectivity index (χ1) is 6.66. The molecular weight excluding hydrogens is 219 g/mol. The first-order valence-electron chi connectivity index (χ1n) is 4.47. The standard InChI is InChI=1S/C8H15N2.H3O4P/c1-5-10-6-7(2)9(4)8(10)3;1-5(2,3)4/h6H,5H2,1-4H3;(H3,1,2,3,4)/q+1;. The van der Waals surface area contributed by atoms with E-state index in [1.807, 2.05) is 0 Å². The van der Waals surface area contributed by atoms with Crippen LogP contribution in [0.4, 0.5) is 0 Å². The van der Waals surface area contributed by atoms with Crippen molar-refractivity contribution in [1.29, 1.82) is 0 Å². The van der Waals surface area contributed by atoms with Crippen LogP contribution < -0.4 is 4.57 Å². The topological polar surface area (TPSA) is 86.6 Å². The maximum Gasteiger partial charge on any atom is 0.466 e. The molecule has 15 heavy (non-hydrogen) atoms. The van der Waals surface area contributed by atoms with Gasteiger partial charge in [0.15, 0.2) is 0 Å². The third-order valence-electron chi connectivity index (χ3n) is 2.11. The summed E-state index contributed by atoms with van der Waals surface area (Å²) < 4.78 is 13.3. The molecule has 3 N–H and O–H groups in total. The molecule has 0 saturated heterocycles. The summed E-state index contributed by atoms with van der Waals surface area (Å²) in [7, 11) is -2.54. The highest BCUT2D eigenvalue weighted by Gasteiger charge is 2.10. The van der Waals surface area contributed by atoms with Crippen molar-refractivity contribution in [3.63, 3.8) is 0 Å². The molecule has 0 aliphatic carbocycles. The Labute approximate surface area is 89.0 Å². The zero-order chi connectivity index (χ0) is 12.2. The Morgan fingerprint density at radius 3 is 1.93 bits per heavy atom. The quantitative estimate of drug-likeness (QED) is 0.474. The lowest BCUT2D eigenvalue weighted by molar-refractivity contribution is -0.683. The molecule has 0 spiro atoms. The molecule has 0 radical (unpaired) electrons. The molecule has 6 nitrogen and oxygen atoms in total. The molecule has 1 rings (SSSR count). The SMILES string of the molecule is CCn1cc(C)[n+](C)c1C.O=P(O)(O)O. The normalized spacial score (nSPS) is 10.9. The Hall–Kier alpha value is -0.680. The molecule has 1 aromatic heterocycles. The van der Waals surface area contributed by atoms with Gasteiger partial charge in [-0.3, -0.25) is 0 Å². The number of hydrogen-bond donors (Lipinski definition) is 3. The predicted octanol–water partition coefficient (Wildman–Crippen LogP) is 0.0207. The molecule has 0 saturated carbocycles. The molecule has 0 aliphatic heterocycles. The molecule has 0 atom stereocenters. The van der Waals surface area contributed by atoms with E-state index < -0.39 is 7.82 Å². The molecule has 0 aromatic carbocycles. The Balaban J connectivity index is 0.000000336. The van der Waals surface area contributed by atoms with Crippen LogP contribution >= 0.6 is 7.82 Å². The van der Waals surface area contributed by atoms with E-state index in [4.69, 9.17) is 19.2 Å². The van der Waals surface area contributed by atoms with Crippen LogP contribution in [0.25, 0.3) is 0 Å². The first-order valence-corrected chi connectivity index (χ1v) is 6.04. The van der Waals surface area contributed by atoms with Crippen molar-refractivity contribution < 1.29 is 23.8 Å². The van der Waals surface area contributed by atoms with Crippen molar-refractivity contribution in [2.75, 3.05) is 0 Å². The van der Waals surface area contributed by atoms with Gasteiger partial charge >= 0.3 is 7.82 Å². The molecule has 1 aromatic rings. The molecular formula is C8H18N2O4P+. The van der Waals surface area contributed by atoms with Gasteiger partial charge in [-0.25, -0.2) is 13.7 Å². The maximum atomic E-state index is 8.88. The van der Waals surface area contributed by atoms with Crippen molar-refractivity contribution in [3.8, 4) is 0 Å². The van der Waals surface area contributed by atoms with E-state index in [9.17, 15) is 0 Å². The lowest BCUT2D eigenvalue weighted by Gasteiger charge is -1.90. The average molecular weight is 237 g/mol. The van der Waals surface area contributed by atoms with Crippen LogP contribution in [0.1, 0.15) is 18.4 Å². The molecule has 7 heteroatoms. The van der Waals surface area contributed by atoms with Gasteiger partial charge in [-0.2, -0.15) is 0 Å². The summed E-state index contributed by atoms with van der Waals surface area (Å²) in [6, 6.07) is 0. The highest BCUT2D eigenvalue weighted by atomic mass is 31.2. The van der Waals surface area contributed by atoms with Crippen LogP contribution in [0.5, 0.6) is 0 Å². The summed E-state index contributed by atoms with van der Waals surface area (Å²) in [5.41, 5.74) is 1.32. The second kappa shape index (κ2) is 5.42. The van der Waals surface area contributed by atoms with Gasteiger partial charge in [0.25, 0.3) is 5.82 Å². The van der Waals surface area contributed by atoms with Crippen LogP contribution in [-0.2, 0) is 18.2 Å². The number of rotatable bonds is 1. The lowest BCUT2D eigenvalue weighted by Crippen LogP contribution is -2.33. The van der Waals surface area contributed by atoms with Gasteiger partial charge in [-0.1, -0.05) is 0 Å². The minimum Gasteiger partial charge on any atom is -0.303 e. The third kappa shape index (κ3) is 5.69. The number of imidazole rings is 1. The minimum atomic E-state index is -4.64. The van der Waals surface area contributed by atoms with Gasteiger partial charge in [0, 0.05) is 13.8 Å². The van der Waals surface area contributed by atoms with Gasteiger partial charge in [-0.05, 0) is 6.92 Å². The molecule has 88 valence electrons. The van der Waals surface area contributed by atoms with E-state index in [-0.39, 0.29) is 0 Å². The summed E-state index contributed by atoms with van der Waals surface area (Å²) >= 11 is 0. The van der Waals surface area contributed by atoms with Crippen molar-refractivity contribution in [2.24, 2.45) is 7.05 Å². The highest BCUT2D eigenvalue weighted by molar-refractivity contribution is 7.45. The summed E-state index contributed by atoms with van der Waals surface area (Å²) in [5, 5.41) is 0. The largest absolute Gasteiger partial charge is 0.466 e. The van der Waals surface area contributed by atoms with Crippen molar-refractivity contribution in [3.05, 3.63) is 17.7 Å². The van der Waals surface area contributed by atoms with Crippen LogP contribution in [0.2, 0.25) is 0 Å². The van der Waals surface area contributed by atoms with Crippen LogP contribution in [0.15, 0.2) is 6.20 Å². The van der Waals surface area contributed by atoms with Crippen LogP contribution in [0, 0.1) is 13.8 Å². The van der Waals surface area contributed by atoms with Gasteiger partial charge < -0.3 is 14.7 Å². The summed E-state index contributed by atoms with van der Waals surface area (Å²) in [4.78, 5) is 21.6. The maximum absolute atomic E-state index is 8.88. The van der Waals surface area contributed by atoms with Gasteiger partial charge in [-0.15, -0.1) is 0 Å². The monoisotopic (exact) mass is 237 g/mol. The van der Waals surface area contributed by atoms with E-state index in [1.165, 1.54) is 11.5 Å².